The van der Waals surface area contributed by atoms with Crippen LogP contribution >= 0.6 is 11.3 Å². The number of rotatable bonds is 4. The fourth-order valence-electron chi connectivity index (χ4n) is 2.82. The Morgan fingerprint density at radius 3 is 2.67 bits per heavy atom. The van der Waals surface area contributed by atoms with Crippen LogP contribution in [0.3, 0.4) is 0 Å². The summed E-state index contributed by atoms with van der Waals surface area (Å²) in [6.07, 6.45) is 4.54. The molecule has 1 aliphatic heterocycles. The highest BCUT2D eigenvalue weighted by Gasteiger charge is 2.39. The zero-order chi connectivity index (χ0) is 12.6. The van der Waals surface area contributed by atoms with E-state index in [1.165, 1.54) is 12.8 Å². The smallest absolute Gasteiger partial charge is 0.185 e. The zero-order valence-corrected chi connectivity index (χ0v) is 11.8. The molecular formula is C13H22N4S. The van der Waals surface area contributed by atoms with Gasteiger partial charge in [0, 0.05) is 49.8 Å². The van der Waals surface area contributed by atoms with Gasteiger partial charge in [-0.2, -0.15) is 0 Å². The molecular weight excluding hydrogens is 244 g/mol. The van der Waals surface area contributed by atoms with Gasteiger partial charge in [0.2, 0.25) is 0 Å². The molecule has 1 unspecified atom stereocenters. The summed E-state index contributed by atoms with van der Waals surface area (Å²) in [4.78, 5) is 9.28. The van der Waals surface area contributed by atoms with Crippen LogP contribution in [-0.2, 0) is 0 Å². The van der Waals surface area contributed by atoms with Crippen LogP contribution in [0.15, 0.2) is 11.6 Å². The highest BCUT2D eigenvalue weighted by Crippen LogP contribution is 2.38. The highest BCUT2D eigenvalue weighted by molar-refractivity contribution is 7.13. The SMILES string of the molecule is CC(N)(CN1CCN(c2nccs2)CC1)C1CC1. The van der Waals surface area contributed by atoms with E-state index in [0.29, 0.717) is 0 Å². The Kier molecular flexibility index (Phi) is 3.30. The second-order valence-corrected chi connectivity index (χ2v) is 6.73. The Balaban J connectivity index is 1.51. The molecule has 0 amide bonds. The number of nitrogens with zero attached hydrogens (tertiary/aromatic N) is 3. The van der Waals surface area contributed by atoms with Crippen molar-refractivity contribution >= 4 is 16.5 Å². The van der Waals surface area contributed by atoms with Crippen molar-refractivity contribution in [2.45, 2.75) is 25.3 Å². The fraction of sp³-hybridized carbons (Fsp3) is 0.769. The van der Waals surface area contributed by atoms with Crippen molar-refractivity contribution in [3.63, 3.8) is 0 Å². The van der Waals surface area contributed by atoms with Crippen molar-refractivity contribution < 1.29 is 0 Å². The van der Waals surface area contributed by atoms with Crippen LogP contribution in [0.4, 0.5) is 5.13 Å². The first-order chi connectivity index (χ1) is 8.65. The average molecular weight is 266 g/mol. The van der Waals surface area contributed by atoms with Gasteiger partial charge in [-0.15, -0.1) is 11.3 Å². The van der Waals surface area contributed by atoms with Crippen LogP contribution < -0.4 is 10.6 Å². The second-order valence-electron chi connectivity index (χ2n) is 5.86. The summed E-state index contributed by atoms with van der Waals surface area (Å²) < 4.78 is 0. The van der Waals surface area contributed by atoms with Crippen molar-refractivity contribution in [2.75, 3.05) is 37.6 Å². The Morgan fingerprint density at radius 1 is 1.39 bits per heavy atom. The Bertz CT molecular complexity index is 378. The molecule has 0 bridgehead atoms. The highest BCUT2D eigenvalue weighted by atomic mass is 32.1. The lowest BCUT2D eigenvalue weighted by Gasteiger charge is -2.38. The molecule has 5 heteroatoms. The van der Waals surface area contributed by atoms with Gasteiger partial charge in [0.05, 0.1) is 0 Å². The van der Waals surface area contributed by atoms with Crippen LogP contribution in [0, 0.1) is 5.92 Å². The number of hydrogen-bond acceptors (Lipinski definition) is 5. The number of aromatic nitrogens is 1. The maximum absolute atomic E-state index is 6.42. The molecule has 2 N–H and O–H groups in total. The van der Waals surface area contributed by atoms with E-state index in [-0.39, 0.29) is 5.54 Å². The number of anilines is 1. The van der Waals surface area contributed by atoms with E-state index in [1.807, 2.05) is 11.6 Å². The molecule has 0 aromatic carbocycles. The third-order valence-corrected chi connectivity index (χ3v) is 4.97. The molecule has 2 heterocycles. The molecule has 1 atom stereocenters. The predicted molar refractivity (Wildman–Crippen MR) is 76.1 cm³/mol. The predicted octanol–water partition coefficient (Wildman–Crippen LogP) is 1.39. The lowest BCUT2D eigenvalue weighted by Crippen LogP contribution is -2.55. The molecule has 2 fully saturated rings. The number of hydrogen-bond donors (Lipinski definition) is 1. The standard InChI is InChI=1S/C13H22N4S/c1-13(14,11-2-3-11)10-16-5-7-17(8-6-16)12-15-4-9-18-12/h4,9,11H,2-3,5-8,10,14H2,1H3. The topological polar surface area (TPSA) is 45.4 Å². The molecule has 1 aliphatic carbocycles. The van der Waals surface area contributed by atoms with Gasteiger partial charge in [-0.25, -0.2) is 4.98 Å². The molecule has 2 aliphatic rings. The van der Waals surface area contributed by atoms with Crippen LogP contribution in [0.2, 0.25) is 0 Å². The second kappa shape index (κ2) is 4.79. The van der Waals surface area contributed by atoms with Crippen molar-refractivity contribution in [2.24, 2.45) is 11.7 Å². The molecule has 1 aromatic rings. The quantitative estimate of drug-likeness (QED) is 0.894. The van der Waals surface area contributed by atoms with Gasteiger partial charge < -0.3 is 10.6 Å². The van der Waals surface area contributed by atoms with Crippen molar-refractivity contribution in [3.8, 4) is 0 Å². The molecule has 0 radical (unpaired) electrons. The molecule has 1 saturated heterocycles. The molecule has 3 rings (SSSR count). The molecule has 4 nitrogen and oxygen atoms in total. The Morgan fingerprint density at radius 2 is 2.11 bits per heavy atom. The molecule has 18 heavy (non-hydrogen) atoms. The first-order valence-electron chi connectivity index (χ1n) is 6.81. The van der Waals surface area contributed by atoms with Gasteiger partial charge in [0.15, 0.2) is 5.13 Å². The van der Waals surface area contributed by atoms with Crippen molar-refractivity contribution in [1.82, 2.24) is 9.88 Å². The van der Waals surface area contributed by atoms with Gasteiger partial charge in [0.25, 0.3) is 0 Å². The van der Waals surface area contributed by atoms with E-state index in [1.54, 1.807) is 11.3 Å². The van der Waals surface area contributed by atoms with Crippen LogP contribution in [-0.4, -0.2) is 48.1 Å². The minimum atomic E-state index is 0.0172. The summed E-state index contributed by atoms with van der Waals surface area (Å²) in [5, 5.41) is 3.21. The third-order valence-electron chi connectivity index (χ3n) is 4.14. The molecule has 1 saturated carbocycles. The average Bonchev–Trinajstić information content (AvgIpc) is 3.08. The van der Waals surface area contributed by atoms with Gasteiger partial charge in [-0.1, -0.05) is 0 Å². The summed E-state index contributed by atoms with van der Waals surface area (Å²) in [6.45, 7) is 7.64. The van der Waals surface area contributed by atoms with Crippen LogP contribution in [0.25, 0.3) is 0 Å². The largest absolute Gasteiger partial charge is 0.346 e. The number of nitrogens with two attached hydrogens (primary N) is 1. The van der Waals surface area contributed by atoms with E-state index in [0.717, 1.165) is 43.8 Å². The van der Waals surface area contributed by atoms with E-state index in [9.17, 15) is 0 Å². The molecule has 1 aromatic heterocycles. The summed E-state index contributed by atoms with van der Waals surface area (Å²) in [6, 6.07) is 0. The van der Waals surface area contributed by atoms with Crippen molar-refractivity contribution in [1.29, 1.82) is 0 Å². The van der Waals surface area contributed by atoms with E-state index in [4.69, 9.17) is 5.73 Å². The lowest BCUT2D eigenvalue weighted by molar-refractivity contribution is 0.193. The minimum Gasteiger partial charge on any atom is -0.346 e. The van der Waals surface area contributed by atoms with Gasteiger partial charge in [-0.3, -0.25) is 4.90 Å². The minimum absolute atomic E-state index is 0.0172. The summed E-state index contributed by atoms with van der Waals surface area (Å²) >= 11 is 1.73. The maximum atomic E-state index is 6.42. The summed E-state index contributed by atoms with van der Waals surface area (Å²) in [7, 11) is 0. The van der Waals surface area contributed by atoms with Gasteiger partial charge in [0.1, 0.15) is 0 Å². The van der Waals surface area contributed by atoms with E-state index < -0.39 is 0 Å². The van der Waals surface area contributed by atoms with Crippen molar-refractivity contribution in [3.05, 3.63) is 11.6 Å². The van der Waals surface area contributed by atoms with E-state index in [2.05, 4.69) is 21.7 Å². The van der Waals surface area contributed by atoms with Crippen LogP contribution in [0.5, 0.6) is 0 Å². The molecule has 100 valence electrons. The Labute approximate surface area is 113 Å². The van der Waals surface area contributed by atoms with Gasteiger partial charge in [-0.05, 0) is 25.7 Å². The van der Waals surface area contributed by atoms with E-state index >= 15 is 0 Å². The fourth-order valence-corrected chi connectivity index (χ4v) is 3.52. The summed E-state index contributed by atoms with van der Waals surface area (Å²) in [5.74, 6) is 0.759. The summed E-state index contributed by atoms with van der Waals surface area (Å²) in [5.41, 5.74) is 6.43. The third kappa shape index (κ3) is 2.68. The zero-order valence-electron chi connectivity index (χ0n) is 11.0. The van der Waals surface area contributed by atoms with Crippen LogP contribution in [0.1, 0.15) is 19.8 Å². The number of piperazine rings is 1. The normalized spacial score (nSPS) is 25.1. The first-order valence-corrected chi connectivity index (χ1v) is 7.69. The lowest BCUT2D eigenvalue weighted by atomic mass is 9.96. The number of thiazole rings is 1. The van der Waals surface area contributed by atoms with Gasteiger partial charge >= 0.3 is 0 Å². The maximum Gasteiger partial charge on any atom is 0.185 e. The molecule has 0 spiro atoms. The Hall–Kier alpha value is -0.650. The first kappa shape index (κ1) is 12.4. The monoisotopic (exact) mass is 266 g/mol.